The van der Waals surface area contributed by atoms with Crippen LogP contribution in [0.1, 0.15) is 28.9 Å². The van der Waals surface area contributed by atoms with Gasteiger partial charge in [0.2, 0.25) is 0 Å². The molecule has 5 heteroatoms. The molecule has 0 atom stereocenters. The van der Waals surface area contributed by atoms with Gasteiger partial charge in [-0.25, -0.2) is 4.79 Å². The minimum absolute atomic E-state index is 0.382. The number of carbonyl (C=O) groups is 2. The van der Waals surface area contributed by atoms with Gasteiger partial charge in [-0.2, -0.15) is 0 Å². The summed E-state index contributed by atoms with van der Waals surface area (Å²) in [5, 5.41) is 11.4. The van der Waals surface area contributed by atoms with Crippen LogP contribution in [-0.2, 0) is 4.79 Å². The zero-order chi connectivity index (χ0) is 11.8. The van der Waals surface area contributed by atoms with Gasteiger partial charge in [-0.05, 0) is 31.9 Å². The van der Waals surface area contributed by atoms with Gasteiger partial charge >= 0.3 is 5.97 Å². The average Bonchev–Trinajstić information content (AvgIpc) is 3.00. The second-order valence-electron chi connectivity index (χ2n) is 4.03. The lowest BCUT2D eigenvalue weighted by molar-refractivity contribution is -0.140. The maximum absolute atomic E-state index is 11.7. The number of carboxylic acids is 1. The third kappa shape index (κ3) is 1.88. The van der Waals surface area contributed by atoms with Crippen LogP contribution in [0.4, 0.5) is 0 Å². The maximum Gasteiger partial charge on any atom is 0.329 e. The number of aryl methyl sites for hydroxylation is 1. The normalized spacial score (nSPS) is 16.6. The van der Waals surface area contributed by atoms with Crippen molar-refractivity contribution in [2.75, 3.05) is 0 Å². The molecule has 5 nitrogen and oxygen atoms in total. The van der Waals surface area contributed by atoms with Gasteiger partial charge in [-0.1, -0.05) is 0 Å². The zero-order valence-electron chi connectivity index (χ0n) is 8.86. The molecule has 16 heavy (non-hydrogen) atoms. The number of nitrogens with zero attached hydrogens (tertiary/aromatic N) is 1. The third-order valence-electron chi connectivity index (χ3n) is 2.69. The molecule has 0 radical (unpaired) electrons. The van der Waals surface area contributed by atoms with E-state index in [1.807, 2.05) is 6.92 Å². The fourth-order valence-electron chi connectivity index (χ4n) is 1.41. The molecule has 1 aromatic rings. The molecule has 0 aromatic carbocycles. The molecule has 1 fully saturated rings. The topological polar surface area (TPSA) is 79.3 Å². The molecule has 1 saturated carbocycles. The van der Waals surface area contributed by atoms with E-state index in [0.717, 1.165) is 5.69 Å². The van der Waals surface area contributed by atoms with E-state index in [4.69, 9.17) is 5.11 Å². The Bertz CT molecular complexity index is 435. The lowest BCUT2D eigenvalue weighted by Gasteiger charge is -2.11. The van der Waals surface area contributed by atoms with Gasteiger partial charge in [0, 0.05) is 11.9 Å². The van der Waals surface area contributed by atoms with Crippen molar-refractivity contribution in [3.05, 3.63) is 29.6 Å². The molecular formula is C11H12N2O3. The van der Waals surface area contributed by atoms with Crippen molar-refractivity contribution in [1.29, 1.82) is 0 Å². The molecule has 1 aliphatic rings. The molecule has 84 valence electrons. The fourth-order valence-corrected chi connectivity index (χ4v) is 1.41. The van der Waals surface area contributed by atoms with E-state index in [2.05, 4.69) is 10.3 Å². The molecule has 0 bridgehead atoms. The first-order valence-electron chi connectivity index (χ1n) is 5.02. The highest BCUT2D eigenvalue weighted by Crippen LogP contribution is 2.35. The summed E-state index contributed by atoms with van der Waals surface area (Å²) >= 11 is 0. The van der Waals surface area contributed by atoms with Gasteiger partial charge in [-0.15, -0.1) is 0 Å². The van der Waals surface area contributed by atoms with Crippen LogP contribution < -0.4 is 5.32 Å². The lowest BCUT2D eigenvalue weighted by Crippen LogP contribution is -2.43. The highest BCUT2D eigenvalue weighted by molar-refractivity contribution is 5.98. The molecule has 2 N–H and O–H groups in total. The summed E-state index contributed by atoms with van der Waals surface area (Å²) in [5.41, 5.74) is 0.163. The maximum atomic E-state index is 11.7. The molecule has 2 rings (SSSR count). The Morgan fingerprint density at radius 3 is 2.56 bits per heavy atom. The summed E-state index contributed by atoms with van der Waals surface area (Å²) in [5.74, 6) is -1.35. The van der Waals surface area contributed by atoms with Gasteiger partial charge in [0.15, 0.2) is 0 Å². The van der Waals surface area contributed by atoms with Crippen molar-refractivity contribution in [2.45, 2.75) is 25.3 Å². The first kappa shape index (κ1) is 10.6. The Labute approximate surface area is 92.5 Å². The summed E-state index contributed by atoms with van der Waals surface area (Å²) in [7, 11) is 0. The number of pyridine rings is 1. The number of carboxylic acid groups (broad SMARTS) is 1. The summed E-state index contributed by atoms with van der Waals surface area (Å²) in [6.07, 6.45) is 2.43. The van der Waals surface area contributed by atoms with Crippen LogP contribution in [0.15, 0.2) is 18.3 Å². The predicted octanol–water partition coefficient (Wildman–Crippen LogP) is 0.737. The summed E-state index contributed by atoms with van der Waals surface area (Å²) in [6, 6.07) is 3.35. The van der Waals surface area contributed by atoms with Crippen molar-refractivity contribution in [2.24, 2.45) is 0 Å². The number of aromatic nitrogens is 1. The second-order valence-corrected chi connectivity index (χ2v) is 4.03. The van der Waals surface area contributed by atoms with Crippen LogP contribution in [0.25, 0.3) is 0 Å². The number of hydrogen-bond acceptors (Lipinski definition) is 3. The van der Waals surface area contributed by atoms with E-state index in [1.165, 1.54) is 6.20 Å². The Balaban J connectivity index is 2.09. The number of hydrogen-bond donors (Lipinski definition) is 2. The standard InChI is InChI=1S/C11H12N2O3/c1-7-2-3-8(6-12-7)9(14)13-11(4-5-11)10(15)16/h2-3,6H,4-5H2,1H3,(H,13,14)(H,15,16). The lowest BCUT2D eigenvalue weighted by atomic mass is 10.2. The molecule has 1 aliphatic carbocycles. The molecule has 1 aromatic heterocycles. The van der Waals surface area contributed by atoms with Crippen LogP contribution in [0.5, 0.6) is 0 Å². The minimum Gasteiger partial charge on any atom is -0.480 e. The van der Waals surface area contributed by atoms with Crippen molar-refractivity contribution in [1.82, 2.24) is 10.3 Å². The van der Waals surface area contributed by atoms with E-state index in [0.29, 0.717) is 18.4 Å². The average molecular weight is 220 g/mol. The second kappa shape index (κ2) is 3.59. The van der Waals surface area contributed by atoms with Gasteiger partial charge in [-0.3, -0.25) is 9.78 Å². The van der Waals surface area contributed by atoms with Crippen LogP contribution in [0.2, 0.25) is 0 Å². The number of nitrogens with one attached hydrogen (secondary N) is 1. The minimum atomic E-state index is -1.04. The van der Waals surface area contributed by atoms with Crippen LogP contribution in [-0.4, -0.2) is 27.5 Å². The molecule has 0 spiro atoms. The first-order chi connectivity index (χ1) is 7.53. The SMILES string of the molecule is Cc1ccc(C(=O)NC2(C(=O)O)CC2)cn1. The van der Waals surface area contributed by atoms with Gasteiger partial charge < -0.3 is 10.4 Å². The monoisotopic (exact) mass is 220 g/mol. The molecular weight excluding hydrogens is 208 g/mol. The van der Waals surface area contributed by atoms with Gasteiger partial charge in [0.1, 0.15) is 5.54 Å². The zero-order valence-corrected chi connectivity index (χ0v) is 8.86. The fraction of sp³-hybridized carbons (Fsp3) is 0.364. The highest BCUT2D eigenvalue weighted by Gasteiger charge is 2.51. The number of aliphatic carboxylic acids is 1. The molecule has 0 aliphatic heterocycles. The number of amides is 1. The Hall–Kier alpha value is -1.91. The summed E-state index contributed by atoms with van der Waals surface area (Å²) in [6.45, 7) is 1.82. The van der Waals surface area contributed by atoms with Gasteiger partial charge in [0.05, 0.1) is 5.56 Å². The number of rotatable bonds is 3. The van der Waals surface area contributed by atoms with E-state index in [-0.39, 0.29) is 5.91 Å². The van der Waals surface area contributed by atoms with E-state index >= 15 is 0 Å². The predicted molar refractivity (Wildman–Crippen MR) is 56.0 cm³/mol. The largest absolute Gasteiger partial charge is 0.480 e. The van der Waals surface area contributed by atoms with Crippen molar-refractivity contribution >= 4 is 11.9 Å². The Morgan fingerprint density at radius 1 is 1.44 bits per heavy atom. The van der Waals surface area contributed by atoms with Crippen molar-refractivity contribution in [3.8, 4) is 0 Å². The smallest absolute Gasteiger partial charge is 0.329 e. The van der Waals surface area contributed by atoms with E-state index in [1.54, 1.807) is 12.1 Å². The van der Waals surface area contributed by atoms with Gasteiger partial charge in [0.25, 0.3) is 5.91 Å². The molecule has 1 heterocycles. The van der Waals surface area contributed by atoms with E-state index < -0.39 is 11.5 Å². The molecule has 0 saturated heterocycles. The summed E-state index contributed by atoms with van der Waals surface area (Å²) in [4.78, 5) is 26.6. The Kier molecular flexibility index (Phi) is 2.38. The quantitative estimate of drug-likeness (QED) is 0.787. The van der Waals surface area contributed by atoms with Crippen LogP contribution in [0, 0.1) is 6.92 Å². The third-order valence-corrected chi connectivity index (χ3v) is 2.69. The highest BCUT2D eigenvalue weighted by atomic mass is 16.4. The van der Waals surface area contributed by atoms with Crippen LogP contribution >= 0.6 is 0 Å². The van der Waals surface area contributed by atoms with E-state index in [9.17, 15) is 9.59 Å². The van der Waals surface area contributed by atoms with Crippen LogP contribution in [0.3, 0.4) is 0 Å². The number of carbonyl (C=O) groups excluding carboxylic acids is 1. The van der Waals surface area contributed by atoms with Crippen molar-refractivity contribution in [3.63, 3.8) is 0 Å². The molecule has 0 unspecified atom stereocenters. The Morgan fingerprint density at radius 2 is 2.12 bits per heavy atom. The summed E-state index contributed by atoms with van der Waals surface area (Å²) < 4.78 is 0. The molecule has 1 amide bonds. The van der Waals surface area contributed by atoms with Crippen molar-refractivity contribution < 1.29 is 14.7 Å². The first-order valence-corrected chi connectivity index (χ1v) is 5.02.